The zero-order valence-corrected chi connectivity index (χ0v) is 18.5. The molecule has 0 amide bonds. The summed E-state index contributed by atoms with van der Waals surface area (Å²) in [6.45, 7) is 7.49. The average molecular weight is 477 g/mol. The fourth-order valence-electron chi connectivity index (χ4n) is 3.44. The molecular formula is C20H33FIN3O. The highest BCUT2D eigenvalue weighted by atomic mass is 127. The maximum Gasteiger partial charge on any atom is 0.191 e. The number of nitrogens with one attached hydrogen (secondary N) is 2. The average Bonchev–Trinajstić information content (AvgIpc) is 2.65. The molecule has 0 spiro atoms. The van der Waals surface area contributed by atoms with Gasteiger partial charge in [0.05, 0.1) is 0 Å². The van der Waals surface area contributed by atoms with Crippen LogP contribution < -0.4 is 10.6 Å². The van der Waals surface area contributed by atoms with E-state index in [-0.39, 0.29) is 35.2 Å². The Bertz CT molecular complexity index is 558. The zero-order valence-electron chi connectivity index (χ0n) is 16.2. The molecule has 0 bridgehead atoms. The van der Waals surface area contributed by atoms with Crippen molar-refractivity contribution in [2.75, 3.05) is 33.4 Å². The van der Waals surface area contributed by atoms with Gasteiger partial charge in [0, 0.05) is 38.8 Å². The lowest BCUT2D eigenvalue weighted by Gasteiger charge is -2.38. The fraction of sp³-hybridized carbons (Fsp3) is 0.650. The van der Waals surface area contributed by atoms with Gasteiger partial charge in [-0.05, 0) is 36.5 Å². The van der Waals surface area contributed by atoms with E-state index in [4.69, 9.17) is 4.74 Å². The van der Waals surface area contributed by atoms with Gasteiger partial charge in [0.2, 0.25) is 0 Å². The number of guanidine groups is 1. The molecule has 1 aliphatic rings. The standard InChI is InChI=1S/C20H32FN3O.HI/c1-4-16(5-2)14-23-19(22-3)24-15-20(9-11-25-12-10-20)17-7-6-8-18(21)13-17;/h6-8,13,16H,4-5,9-12,14-15H2,1-3H3,(H2,22,23,24);1H. The minimum atomic E-state index is -0.181. The van der Waals surface area contributed by atoms with E-state index in [1.807, 2.05) is 6.07 Å². The van der Waals surface area contributed by atoms with Crippen LogP contribution in [0.2, 0.25) is 0 Å². The van der Waals surface area contributed by atoms with E-state index in [0.717, 1.165) is 50.3 Å². The second-order valence-electron chi connectivity index (χ2n) is 6.89. The van der Waals surface area contributed by atoms with E-state index in [1.165, 1.54) is 6.07 Å². The molecule has 0 radical (unpaired) electrons. The summed E-state index contributed by atoms with van der Waals surface area (Å²) in [6.07, 6.45) is 4.08. The first-order valence-corrected chi connectivity index (χ1v) is 9.42. The van der Waals surface area contributed by atoms with Crippen molar-refractivity contribution in [1.29, 1.82) is 0 Å². The number of ether oxygens (including phenoxy) is 1. The highest BCUT2D eigenvalue weighted by Crippen LogP contribution is 2.34. The van der Waals surface area contributed by atoms with E-state index in [9.17, 15) is 4.39 Å². The topological polar surface area (TPSA) is 45.7 Å². The summed E-state index contributed by atoms with van der Waals surface area (Å²) in [4.78, 5) is 4.34. The third-order valence-corrected chi connectivity index (χ3v) is 5.42. The molecule has 1 saturated heterocycles. The molecule has 0 saturated carbocycles. The number of hydrogen-bond acceptors (Lipinski definition) is 2. The minimum Gasteiger partial charge on any atom is -0.381 e. The first-order chi connectivity index (χ1) is 12.1. The van der Waals surface area contributed by atoms with Crippen molar-refractivity contribution in [3.8, 4) is 0 Å². The largest absolute Gasteiger partial charge is 0.381 e. The lowest BCUT2D eigenvalue weighted by atomic mass is 9.74. The van der Waals surface area contributed by atoms with Gasteiger partial charge < -0.3 is 15.4 Å². The Balaban J connectivity index is 0.00000338. The lowest BCUT2D eigenvalue weighted by molar-refractivity contribution is 0.0513. The molecule has 0 aromatic heterocycles. The van der Waals surface area contributed by atoms with Crippen molar-refractivity contribution in [2.24, 2.45) is 10.9 Å². The first-order valence-electron chi connectivity index (χ1n) is 9.42. The van der Waals surface area contributed by atoms with Gasteiger partial charge in [0.15, 0.2) is 5.96 Å². The summed E-state index contributed by atoms with van der Waals surface area (Å²) < 4.78 is 19.3. The maximum absolute atomic E-state index is 13.8. The van der Waals surface area contributed by atoms with Gasteiger partial charge in [0.25, 0.3) is 0 Å². The molecule has 26 heavy (non-hydrogen) atoms. The molecule has 2 N–H and O–H groups in total. The molecule has 1 aromatic carbocycles. The number of halogens is 2. The van der Waals surface area contributed by atoms with Crippen LogP contribution in [0.3, 0.4) is 0 Å². The minimum absolute atomic E-state index is 0. The maximum atomic E-state index is 13.8. The molecule has 1 fully saturated rings. The summed E-state index contributed by atoms with van der Waals surface area (Å²) in [5.41, 5.74) is 0.922. The summed E-state index contributed by atoms with van der Waals surface area (Å²) in [7, 11) is 1.79. The van der Waals surface area contributed by atoms with Crippen LogP contribution in [-0.4, -0.2) is 39.3 Å². The van der Waals surface area contributed by atoms with Crippen molar-refractivity contribution >= 4 is 29.9 Å². The quantitative estimate of drug-likeness (QED) is 0.353. The number of nitrogens with zero attached hydrogens (tertiary/aromatic N) is 1. The predicted molar refractivity (Wildman–Crippen MR) is 117 cm³/mol. The monoisotopic (exact) mass is 477 g/mol. The van der Waals surface area contributed by atoms with Crippen LogP contribution in [0.5, 0.6) is 0 Å². The summed E-state index contributed by atoms with van der Waals surface area (Å²) in [5, 5.41) is 6.89. The molecule has 1 aliphatic heterocycles. The van der Waals surface area contributed by atoms with Crippen LogP contribution in [0.1, 0.15) is 45.1 Å². The van der Waals surface area contributed by atoms with Crippen LogP contribution in [0.4, 0.5) is 4.39 Å². The molecule has 2 rings (SSSR count). The second-order valence-corrected chi connectivity index (χ2v) is 6.89. The van der Waals surface area contributed by atoms with E-state index in [0.29, 0.717) is 19.1 Å². The third-order valence-electron chi connectivity index (χ3n) is 5.42. The lowest BCUT2D eigenvalue weighted by Crippen LogP contribution is -2.48. The fourth-order valence-corrected chi connectivity index (χ4v) is 3.44. The number of rotatable bonds is 7. The first kappa shape index (κ1) is 23.1. The van der Waals surface area contributed by atoms with Crippen LogP contribution in [0.15, 0.2) is 29.3 Å². The van der Waals surface area contributed by atoms with E-state index in [1.54, 1.807) is 19.2 Å². The summed E-state index contributed by atoms with van der Waals surface area (Å²) in [5.74, 6) is 1.28. The van der Waals surface area contributed by atoms with Crippen LogP contribution in [-0.2, 0) is 10.2 Å². The number of hydrogen-bond donors (Lipinski definition) is 2. The number of aliphatic imine (C=N–C) groups is 1. The van der Waals surface area contributed by atoms with E-state index < -0.39 is 0 Å². The normalized spacial score (nSPS) is 16.9. The third kappa shape index (κ3) is 6.37. The Labute approximate surface area is 174 Å². The molecule has 148 valence electrons. The van der Waals surface area contributed by atoms with Gasteiger partial charge in [-0.2, -0.15) is 0 Å². The van der Waals surface area contributed by atoms with Crippen molar-refractivity contribution in [3.63, 3.8) is 0 Å². The Morgan fingerprint density at radius 2 is 1.92 bits per heavy atom. The molecule has 0 unspecified atom stereocenters. The molecule has 0 aliphatic carbocycles. The Morgan fingerprint density at radius 1 is 1.23 bits per heavy atom. The molecule has 6 heteroatoms. The van der Waals surface area contributed by atoms with Gasteiger partial charge in [-0.15, -0.1) is 24.0 Å². The van der Waals surface area contributed by atoms with Gasteiger partial charge in [-0.1, -0.05) is 38.8 Å². The van der Waals surface area contributed by atoms with Crippen molar-refractivity contribution in [2.45, 2.75) is 44.9 Å². The van der Waals surface area contributed by atoms with Crippen molar-refractivity contribution < 1.29 is 9.13 Å². The molecule has 1 aromatic rings. The van der Waals surface area contributed by atoms with Crippen LogP contribution in [0, 0.1) is 11.7 Å². The van der Waals surface area contributed by atoms with Crippen molar-refractivity contribution in [1.82, 2.24) is 10.6 Å². The van der Waals surface area contributed by atoms with E-state index in [2.05, 4.69) is 29.5 Å². The van der Waals surface area contributed by atoms with Gasteiger partial charge >= 0.3 is 0 Å². The van der Waals surface area contributed by atoms with Gasteiger partial charge in [-0.25, -0.2) is 4.39 Å². The summed E-state index contributed by atoms with van der Waals surface area (Å²) in [6, 6.07) is 6.98. The van der Waals surface area contributed by atoms with Crippen molar-refractivity contribution in [3.05, 3.63) is 35.6 Å². The highest BCUT2D eigenvalue weighted by molar-refractivity contribution is 14.0. The van der Waals surface area contributed by atoms with Crippen LogP contribution >= 0.6 is 24.0 Å². The van der Waals surface area contributed by atoms with Gasteiger partial charge in [0.1, 0.15) is 5.82 Å². The Morgan fingerprint density at radius 3 is 2.50 bits per heavy atom. The SMILES string of the molecule is CCC(CC)CNC(=NC)NCC1(c2cccc(F)c2)CCOCC1.I. The highest BCUT2D eigenvalue weighted by Gasteiger charge is 2.34. The predicted octanol–water partition coefficient (Wildman–Crippen LogP) is 4.09. The van der Waals surface area contributed by atoms with E-state index >= 15 is 0 Å². The number of benzene rings is 1. The second kappa shape index (κ2) is 11.7. The zero-order chi connectivity index (χ0) is 18.1. The molecule has 0 atom stereocenters. The van der Waals surface area contributed by atoms with Gasteiger partial charge in [-0.3, -0.25) is 4.99 Å². The molecule has 1 heterocycles. The molecular weight excluding hydrogens is 444 g/mol. The Kier molecular flexibility index (Phi) is 10.5. The summed E-state index contributed by atoms with van der Waals surface area (Å²) >= 11 is 0. The van der Waals surface area contributed by atoms with Crippen LogP contribution in [0.25, 0.3) is 0 Å². The molecule has 4 nitrogen and oxygen atoms in total. The smallest absolute Gasteiger partial charge is 0.191 e. The Hall–Kier alpha value is -0.890.